The van der Waals surface area contributed by atoms with Crippen molar-refractivity contribution in [3.8, 4) is 5.75 Å². The summed E-state index contributed by atoms with van der Waals surface area (Å²) in [6, 6.07) is 5.88. The van der Waals surface area contributed by atoms with Crippen LogP contribution in [0.2, 0.25) is 0 Å². The van der Waals surface area contributed by atoms with Gasteiger partial charge in [0.1, 0.15) is 23.6 Å². The van der Waals surface area contributed by atoms with Gasteiger partial charge in [-0.3, -0.25) is 4.79 Å². The molecule has 0 bridgehead atoms. The molecular weight excluding hydrogens is 432 g/mol. The number of nitrogens with one attached hydrogen (secondary N) is 1. The molecule has 180 valence electrons. The van der Waals surface area contributed by atoms with Gasteiger partial charge in [-0.25, -0.2) is 19.9 Å². The summed E-state index contributed by atoms with van der Waals surface area (Å²) >= 11 is 0. The Morgan fingerprint density at radius 2 is 2.03 bits per heavy atom. The van der Waals surface area contributed by atoms with E-state index < -0.39 is 0 Å². The zero-order chi connectivity index (χ0) is 23.3. The summed E-state index contributed by atoms with van der Waals surface area (Å²) in [4.78, 5) is 31.7. The number of aromatic nitrogens is 4. The maximum absolute atomic E-state index is 11.9. The van der Waals surface area contributed by atoms with Gasteiger partial charge in [-0.2, -0.15) is 0 Å². The molecule has 2 fully saturated rings. The zero-order valence-electron chi connectivity index (χ0n) is 19.4. The Morgan fingerprint density at radius 3 is 2.82 bits per heavy atom. The van der Waals surface area contributed by atoms with Crippen molar-refractivity contribution in [2.75, 3.05) is 38.3 Å². The first-order valence-electron chi connectivity index (χ1n) is 12.0. The second-order valence-electron chi connectivity index (χ2n) is 8.90. The van der Waals surface area contributed by atoms with E-state index in [-0.39, 0.29) is 13.4 Å². The van der Waals surface area contributed by atoms with Crippen molar-refractivity contribution in [1.82, 2.24) is 25.3 Å². The molecule has 1 amide bonds. The maximum Gasteiger partial charge on any atom is 0.269 e. The Bertz CT molecular complexity index is 1150. The van der Waals surface area contributed by atoms with Gasteiger partial charge in [-0.05, 0) is 43.7 Å². The fraction of sp³-hybridized carbons (Fsp3) is 0.480. The Balaban J connectivity index is 0.00000289. The van der Waals surface area contributed by atoms with Crippen molar-refractivity contribution < 1.29 is 15.7 Å². The molecule has 1 N–H and O–H groups in total. The summed E-state index contributed by atoms with van der Waals surface area (Å²) in [6.07, 6.45) is 10.0. The van der Waals surface area contributed by atoms with Crippen LogP contribution in [0.25, 0.3) is 10.9 Å². The fourth-order valence-corrected chi connectivity index (χ4v) is 4.78. The number of rotatable bonds is 6. The molecule has 34 heavy (non-hydrogen) atoms. The minimum Gasteiger partial charge on any atom is -0.490 e. The van der Waals surface area contributed by atoms with Crippen LogP contribution in [0.15, 0.2) is 36.9 Å². The Morgan fingerprint density at radius 1 is 1.21 bits per heavy atom. The monoisotopic (exact) mass is 464 g/mol. The summed E-state index contributed by atoms with van der Waals surface area (Å²) in [5.41, 5.74) is 2.43. The molecule has 0 unspecified atom stereocenters. The molecule has 0 spiro atoms. The van der Waals surface area contributed by atoms with Crippen LogP contribution >= 0.6 is 0 Å². The Kier molecular flexibility index (Phi) is 6.80. The summed E-state index contributed by atoms with van der Waals surface area (Å²) in [5, 5.41) is 3.56. The highest BCUT2D eigenvalue weighted by atomic mass is 16.5. The number of amides is 1. The predicted octanol–water partition coefficient (Wildman–Crippen LogP) is 3.04. The van der Waals surface area contributed by atoms with Crippen molar-refractivity contribution in [3.63, 3.8) is 0 Å². The van der Waals surface area contributed by atoms with Gasteiger partial charge in [0.2, 0.25) is 0 Å². The predicted molar refractivity (Wildman–Crippen MR) is 130 cm³/mol. The molecule has 9 heteroatoms. The van der Waals surface area contributed by atoms with Crippen molar-refractivity contribution in [1.29, 1.82) is 0 Å². The quantitative estimate of drug-likeness (QED) is 0.594. The maximum atomic E-state index is 11.9. The highest BCUT2D eigenvalue weighted by molar-refractivity contribution is 5.91. The summed E-state index contributed by atoms with van der Waals surface area (Å²) in [7, 11) is 1.61. The Hall–Kier alpha value is -3.33. The molecule has 1 saturated heterocycles. The summed E-state index contributed by atoms with van der Waals surface area (Å²) in [5.74, 6) is 1.88. The summed E-state index contributed by atoms with van der Waals surface area (Å²) < 4.78 is 12.1. The van der Waals surface area contributed by atoms with Gasteiger partial charge in [0.05, 0.1) is 30.2 Å². The topological polar surface area (TPSA) is 102 Å². The Labute approximate surface area is 200 Å². The van der Waals surface area contributed by atoms with Crippen molar-refractivity contribution in [2.45, 2.75) is 38.2 Å². The fourth-order valence-electron chi connectivity index (χ4n) is 4.78. The highest BCUT2D eigenvalue weighted by Crippen LogP contribution is 2.35. The molecule has 1 aliphatic heterocycles. The number of carbonyl (C=O) groups excluding carboxylic acids is 1. The van der Waals surface area contributed by atoms with Crippen LogP contribution in [0.4, 0.5) is 5.69 Å². The molecule has 3 aromatic rings. The van der Waals surface area contributed by atoms with E-state index in [1.165, 1.54) is 0 Å². The standard InChI is InChI=1S/C25H30N6O3.H2/c1-26-25(32)21-6-7-28-24(30-21)12-17-2-4-19(5-3-17)34-23-14-18(31-8-10-33-11-9-31)13-22-20(23)15-27-16-29-22;/h6-7,13-17,19H,2-5,8-12H2,1H3,(H,26,32);1H. The van der Waals surface area contributed by atoms with E-state index in [2.05, 4.69) is 42.3 Å². The lowest BCUT2D eigenvalue weighted by atomic mass is 9.85. The first kappa shape index (κ1) is 22.5. The molecule has 2 aromatic heterocycles. The van der Waals surface area contributed by atoms with Crippen molar-refractivity contribution in [2.24, 2.45) is 5.92 Å². The number of hydrogen-bond acceptors (Lipinski definition) is 8. The molecule has 3 heterocycles. The van der Waals surface area contributed by atoms with E-state index >= 15 is 0 Å². The minimum absolute atomic E-state index is 0. The number of ether oxygens (including phenoxy) is 2. The van der Waals surface area contributed by atoms with E-state index in [9.17, 15) is 4.79 Å². The van der Waals surface area contributed by atoms with Gasteiger partial charge in [0, 0.05) is 52.1 Å². The normalized spacial score (nSPS) is 20.8. The lowest BCUT2D eigenvalue weighted by Crippen LogP contribution is -2.36. The molecule has 1 saturated carbocycles. The number of benzene rings is 1. The molecular formula is C25H32N6O3. The molecule has 0 atom stereocenters. The minimum atomic E-state index is -0.184. The van der Waals surface area contributed by atoms with Crippen LogP contribution in [0.1, 0.15) is 43.4 Å². The van der Waals surface area contributed by atoms with Crippen LogP contribution in [0, 0.1) is 5.92 Å². The molecule has 2 aliphatic rings. The number of carbonyl (C=O) groups is 1. The molecule has 5 rings (SSSR count). The largest absolute Gasteiger partial charge is 0.490 e. The third-order valence-electron chi connectivity index (χ3n) is 6.67. The van der Waals surface area contributed by atoms with Crippen LogP contribution in [-0.4, -0.2) is 65.3 Å². The summed E-state index contributed by atoms with van der Waals surface area (Å²) in [6.45, 7) is 3.20. The van der Waals surface area contributed by atoms with E-state index in [0.29, 0.717) is 11.6 Å². The van der Waals surface area contributed by atoms with Gasteiger partial charge < -0.3 is 19.7 Å². The molecule has 1 aliphatic carbocycles. The number of fused-ring (bicyclic) bond motifs is 1. The number of hydrogen-bond donors (Lipinski definition) is 1. The van der Waals surface area contributed by atoms with Gasteiger partial charge in [-0.15, -0.1) is 0 Å². The molecule has 0 radical (unpaired) electrons. The SMILES string of the molecule is CNC(=O)c1ccnc(CC2CCC(Oc3cc(N4CCOCC4)cc4ncncc34)CC2)n1.[HH]. The van der Waals surface area contributed by atoms with E-state index in [4.69, 9.17) is 9.47 Å². The lowest BCUT2D eigenvalue weighted by molar-refractivity contribution is 0.0957. The smallest absolute Gasteiger partial charge is 0.269 e. The van der Waals surface area contributed by atoms with E-state index in [1.807, 2.05) is 6.20 Å². The third-order valence-corrected chi connectivity index (χ3v) is 6.67. The average molecular weight is 465 g/mol. The zero-order valence-corrected chi connectivity index (χ0v) is 19.4. The molecule has 1 aromatic carbocycles. The van der Waals surface area contributed by atoms with Gasteiger partial charge >= 0.3 is 0 Å². The van der Waals surface area contributed by atoms with Gasteiger partial charge in [-0.1, -0.05) is 0 Å². The highest BCUT2D eigenvalue weighted by Gasteiger charge is 2.25. The lowest BCUT2D eigenvalue weighted by Gasteiger charge is -2.31. The number of anilines is 1. The molecule has 9 nitrogen and oxygen atoms in total. The third kappa shape index (κ3) is 5.09. The van der Waals surface area contributed by atoms with Gasteiger partial charge in [0.25, 0.3) is 5.91 Å². The van der Waals surface area contributed by atoms with E-state index in [1.54, 1.807) is 25.6 Å². The number of nitrogens with zero attached hydrogens (tertiary/aromatic N) is 5. The van der Waals surface area contributed by atoms with Crippen LogP contribution in [-0.2, 0) is 11.2 Å². The second-order valence-corrected chi connectivity index (χ2v) is 8.90. The first-order valence-corrected chi connectivity index (χ1v) is 12.0. The van der Waals surface area contributed by atoms with Crippen LogP contribution in [0.5, 0.6) is 5.75 Å². The van der Waals surface area contributed by atoms with Crippen LogP contribution in [0.3, 0.4) is 0 Å². The van der Waals surface area contributed by atoms with Crippen LogP contribution < -0.4 is 15.0 Å². The van der Waals surface area contributed by atoms with Crippen molar-refractivity contribution >= 4 is 22.5 Å². The average Bonchev–Trinajstić information content (AvgIpc) is 2.90. The number of morpholine rings is 1. The van der Waals surface area contributed by atoms with Crippen molar-refractivity contribution in [3.05, 3.63) is 48.4 Å². The van der Waals surface area contributed by atoms with Gasteiger partial charge in [0.15, 0.2) is 0 Å². The first-order chi connectivity index (χ1) is 16.7. The second kappa shape index (κ2) is 10.3. The van der Waals surface area contributed by atoms with E-state index in [0.717, 1.165) is 86.6 Å².